The number of hydrogen-bond acceptors (Lipinski definition) is 2. The first-order chi connectivity index (χ1) is 8.75. The Morgan fingerprint density at radius 3 is 1.72 bits per heavy atom. The zero-order valence-electron chi connectivity index (χ0n) is 11.5. The number of carbonyl (C=O) groups is 2. The van der Waals surface area contributed by atoms with E-state index in [1.165, 1.54) is 62.0 Å². The number of hydrogen-bond donors (Lipinski definition) is 0. The Bertz CT molecular complexity index is 279. The summed E-state index contributed by atoms with van der Waals surface area (Å²) in [6.07, 6.45) is 14.0. The first-order valence-corrected chi connectivity index (χ1v) is 7.29. The molecule has 102 valence electrons. The Morgan fingerprint density at radius 2 is 1.22 bits per heavy atom. The zero-order chi connectivity index (χ0) is 13.2. The van der Waals surface area contributed by atoms with Gasteiger partial charge in [-0.1, -0.05) is 58.3 Å². The van der Waals surface area contributed by atoms with Crippen LogP contribution in [-0.2, 0) is 9.59 Å². The predicted octanol–water partition coefficient (Wildman–Crippen LogP) is 3.44. The van der Waals surface area contributed by atoms with Crippen molar-refractivity contribution < 1.29 is 9.59 Å². The van der Waals surface area contributed by atoms with Crippen molar-refractivity contribution in [1.82, 2.24) is 4.90 Å². The van der Waals surface area contributed by atoms with Gasteiger partial charge >= 0.3 is 0 Å². The minimum absolute atomic E-state index is 0.153. The van der Waals surface area contributed by atoms with Gasteiger partial charge in [-0.2, -0.15) is 0 Å². The number of unbranched alkanes of at least 4 members (excludes halogenated alkanes) is 8. The van der Waals surface area contributed by atoms with Crippen molar-refractivity contribution in [2.75, 3.05) is 6.54 Å². The molecule has 0 unspecified atom stereocenters. The van der Waals surface area contributed by atoms with E-state index in [1.54, 1.807) is 0 Å². The van der Waals surface area contributed by atoms with Crippen molar-refractivity contribution >= 4 is 11.8 Å². The summed E-state index contributed by atoms with van der Waals surface area (Å²) in [6.45, 7) is 2.82. The maximum atomic E-state index is 11.3. The lowest BCUT2D eigenvalue weighted by molar-refractivity contribution is -0.136. The maximum Gasteiger partial charge on any atom is 0.253 e. The van der Waals surface area contributed by atoms with E-state index in [0.29, 0.717) is 6.54 Å². The number of carbonyl (C=O) groups excluding carboxylic acids is 2. The summed E-state index contributed by atoms with van der Waals surface area (Å²) in [5, 5.41) is 0. The number of rotatable bonds is 10. The second kappa shape index (κ2) is 8.90. The van der Waals surface area contributed by atoms with Crippen molar-refractivity contribution in [1.29, 1.82) is 0 Å². The Kier molecular flexibility index (Phi) is 7.38. The lowest BCUT2D eigenvalue weighted by Gasteiger charge is -2.12. The van der Waals surface area contributed by atoms with E-state index < -0.39 is 0 Å². The summed E-state index contributed by atoms with van der Waals surface area (Å²) in [5.74, 6) is -0.306. The van der Waals surface area contributed by atoms with Crippen LogP contribution in [-0.4, -0.2) is 23.3 Å². The molecule has 1 heterocycles. The molecule has 0 aromatic rings. The van der Waals surface area contributed by atoms with Crippen LogP contribution in [0.4, 0.5) is 0 Å². The van der Waals surface area contributed by atoms with Gasteiger partial charge in [-0.05, 0) is 6.42 Å². The van der Waals surface area contributed by atoms with Crippen LogP contribution >= 0.6 is 0 Å². The molecule has 0 aromatic carbocycles. The molecule has 0 spiro atoms. The smallest absolute Gasteiger partial charge is 0.253 e. The molecule has 0 radical (unpaired) electrons. The molecular weight excluding hydrogens is 226 g/mol. The van der Waals surface area contributed by atoms with E-state index in [-0.39, 0.29) is 11.8 Å². The van der Waals surface area contributed by atoms with E-state index in [2.05, 4.69) is 6.92 Å². The van der Waals surface area contributed by atoms with Crippen LogP contribution in [0, 0.1) is 0 Å². The Morgan fingerprint density at radius 1 is 0.778 bits per heavy atom. The molecule has 0 fully saturated rings. The first-order valence-electron chi connectivity index (χ1n) is 7.29. The fourth-order valence-electron chi connectivity index (χ4n) is 2.23. The summed E-state index contributed by atoms with van der Waals surface area (Å²) < 4.78 is 0. The van der Waals surface area contributed by atoms with Gasteiger partial charge in [0, 0.05) is 18.7 Å². The third-order valence-corrected chi connectivity index (χ3v) is 3.39. The van der Waals surface area contributed by atoms with E-state index in [1.807, 2.05) is 0 Å². The molecular formula is C15H25NO2. The fraction of sp³-hybridized carbons (Fsp3) is 0.733. The van der Waals surface area contributed by atoms with Crippen LogP contribution in [0.3, 0.4) is 0 Å². The standard InChI is InChI=1S/C15H25NO2/c1-2-3-4-5-6-7-8-9-10-13-16-14(17)11-12-15(16)18/h11-12H,2-10,13H2,1H3. The molecule has 0 bridgehead atoms. The van der Waals surface area contributed by atoms with Gasteiger partial charge in [0.05, 0.1) is 0 Å². The fourth-order valence-corrected chi connectivity index (χ4v) is 2.23. The number of nitrogens with zero attached hydrogens (tertiary/aromatic N) is 1. The molecule has 0 atom stereocenters. The minimum atomic E-state index is -0.153. The van der Waals surface area contributed by atoms with Crippen LogP contribution in [0.15, 0.2) is 12.2 Å². The Balaban J connectivity index is 1.90. The molecule has 3 heteroatoms. The molecule has 1 aliphatic rings. The molecule has 0 saturated heterocycles. The van der Waals surface area contributed by atoms with Gasteiger partial charge in [0.25, 0.3) is 11.8 Å². The highest BCUT2D eigenvalue weighted by Crippen LogP contribution is 2.11. The summed E-state index contributed by atoms with van der Waals surface area (Å²) in [4.78, 5) is 23.9. The number of amides is 2. The summed E-state index contributed by atoms with van der Waals surface area (Å²) in [5.41, 5.74) is 0. The molecule has 18 heavy (non-hydrogen) atoms. The van der Waals surface area contributed by atoms with Crippen molar-refractivity contribution in [3.05, 3.63) is 12.2 Å². The largest absolute Gasteiger partial charge is 0.275 e. The van der Waals surface area contributed by atoms with Gasteiger partial charge < -0.3 is 0 Å². The monoisotopic (exact) mass is 251 g/mol. The van der Waals surface area contributed by atoms with E-state index in [0.717, 1.165) is 12.8 Å². The van der Waals surface area contributed by atoms with Crippen LogP contribution in [0.25, 0.3) is 0 Å². The van der Waals surface area contributed by atoms with Crippen LogP contribution in [0.2, 0.25) is 0 Å². The topological polar surface area (TPSA) is 37.4 Å². The lowest BCUT2D eigenvalue weighted by Crippen LogP contribution is -2.30. The highest BCUT2D eigenvalue weighted by molar-refractivity contribution is 6.12. The van der Waals surface area contributed by atoms with Gasteiger partial charge in [0.2, 0.25) is 0 Å². The quantitative estimate of drug-likeness (QED) is 0.440. The van der Waals surface area contributed by atoms with E-state index >= 15 is 0 Å². The molecule has 2 amide bonds. The van der Waals surface area contributed by atoms with Gasteiger partial charge in [-0.25, -0.2) is 0 Å². The van der Waals surface area contributed by atoms with Gasteiger partial charge in [0.1, 0.15) is 0 Å². The SMILES string of the molecule is CCCCCCCCCCCN1C(=O)C=CC1=O. The third-order valence-electron chi connectivity index (χ3n) is 3.39. The van der Waals surface area contributed by atoms with Gasteiger partial charge in [-0.3, -0.25) is 14.5 Å². The van der Waals surface area contributed by atoms with Crippen molar-refractivity contribution in [3.63, 3.8) is 0 Å². The molecule has 0 saturated carbocycles. The molecule has 1 rings (SSSR count). The number of imide groups is 1. The van der Waals surface area contributed by atoms with Gasteiger partial charge in [-0.15, -0.1) is 0 Å². The molecule has 1 aliphatic heterocycles. The minimum Gasteiger partial charge on any atom is -0.275 e. The second-order valence-electron chi connectivity index (χ2n) is 4.99. The van der Waals surface area contributed by atoms with Crippen LogP contribution in [0.5, 0.6) is 0 Å². The van der Waals surface area contributed by atoms with E-state index in [9.17, 15) is 9.59 Å². The van der Waals surface area contributed by atoms with Crippen molar-refractivity contribution in [2.45, 2.75) is 64.7 Å². The summed E-state index contributed by atoms with van der Waals surface area (Å²) >= 11 is 0. The normalized spacial score (nSPS) is 14.8. The first kappa shape index (κ1) is 14.9. The highest BCUT2D eigenvalue weighted by atomic mass is 16.2. The Labute approximate surface area is 110 Å². The van der Waals surface area contributed by atoms with Crippen molar-refractivity contribution in [3.8, 4) is 0 Å². The summed E-state index contributed by atoms with van der Waals surface area (Å²) in [6, 6.07) is 0. The molecule has 3 nitrogen and oxygen atoms in total. The molecule has 0 N–H and O–H groups in total. The van der Waals surface area contributed by atoms with Gasteiger partial charge in [0.15, 0.2) is 0 Å². The predicted molar refractivity (Wildman–Crippen MR) is 73.1 cm³/mol. The zero-order valence-corrected chi connectivity index (χ0v) is 11.5. The van der Waals surface area contributed by atoms with Crippen molar-refractivity contribution in [2.24, 2.45) is 0 Å². The highest BCUT2D eigenvalue weighted by Gasteiger charge is 2.21. The third kappa shape index (κ3) is 5.48. The van der Waals surface area contributed by atoms with E-state index in [4.69, 9.17) is 0 Å². The average molecular weight is 251 g/mol. The summed E-state index contributed by atoms with van der Waals surface area (Å²) in [7, 11) is 0. The second-order valence-corrected chi connectivity index (χ2v) is 4.99. The van der Waals surface area contributed by atoms with Crippen LogP contribution in [0.1, 0.15) is 64.7 Å². The molecule has 0 aromatic heterocycles. The Hall–Kier alpha value is -1.12. The maximum absolute atomic E-state index is 11.3. The van der Waals surface area contributed by atoms with Crippen LogP contribution < -0.4 is 0 Å². The lowest BCUT2D eigenvalue weighted by atomic mass is 10.1. The average Bonchev–Trinajstić information content (AvgIpc) is 2.68. The molecule has 0 aliphatic carbocycles.